The number of aromatic nitrogens is 3. The first-order valence-corrected chi connectivity index (χ1v) is 9.82. The predicted molar refractivity (Wildman–Crippen MR) is 114 cm³/mol. The molecule has 0 spiro atoms. The van der Waals surface area contributed by atoms with Crippen LogP contribution in [0.25, 0.3) is 10.9 Å². The molecule has 2 N–H and O–H groups in total. The molecule has 2 heterocycles. The van der Waals surface area contributed by atoms with Gasteiger partial charge in [-0.3, -0.25) is 4.79 Å². The molecule has 0 fully saturated rings. The largest absolute Gasteiger partial charge is 0.395 e. The van der Waals surface area contributed by atoms with Gasteiger partial charge in [0.15, 0.2) is 0 Å². The van der Waals surface area contributed by atoms with Gasteiger partial charge in [-0.2, -0.15) is 0 Å². The van der Waals surface area contributed by atoms with E-state index in [9.17, 15) is 15.0 Å². The van der Waals surface area contributed by atoms with Crippen molar-refractivity contribution in [2.24, 2.45) is 0 Å². The minimum atomic E-state index is -0.898. The lowest BCUT2D eigenvalue weighted by Gasteiger charge is -2.28. The summed E-state index contributed by atoms with van der Waals surface area (Å²) < 4.78 is 1.98. The maximum atomic E-state index is 13.1. The molecule has 7 nitrogen and oxygen atoms in total. The average molecular weight is 437 g/mol. The highest BCUT2D eigenvalue weighted by molar-refractivity contribution is 6.39. The normalized spacial score (nSPS) is 12.9. The Hall–Kier alpha value is -2.19. The second-order valence-corrected chi connectivity index (χ2v) is 8.02. The number of carbonyl (C=O) groups excluding carboxylic acids is 1. The third-order valence-corrected chi connectivity index (χ3v) is 5.57. The number of anilines is 1. The van der Waals surface area contributed by atoms with Crippen LogP contribution in [-0.4, -0.2) is 49.4 Å². The van der Waals surface area contributed by atoms with Crippen LogP contribution in [-0.2, 0) is 0 Å². The van der Waals surface area contributed by atoms with E-state index in [1.807, 2.05) is 35.9 Å². The standard InChI is InChI=1S/C20H22Cl2N4O3/c1-12(20(2,3)29)25-7-6-13-10-14(4-5-15(13)25)26(8-9-27)19(28)16-17(21)23-11-24-18(16)22/h4-7,10-12,27,29H,8-9H2,1-3H3. The Labute approximate surface area is 178 Å². The second-order valence-electron chi connectivity index (χ2n) is 7.31. The van der Waals surface area contributed by atoms with E-state index in [1.165, 1.54) is 11.2 Å². The summed E-state index contributed by atoms with van der Waals surface area (Å²) in [4.78, 5) is 22.1. The van der Waals surface area contributed by atoms with Gasteiger partial charge in [-0.05, 0) is 45.0 Å². The Kier molecular flexibility index (Phi) is 6.14. The van der Waals surface area contributed by atoms with E-state index in [1.54, 1.807) is 19.9 Å². The quantitative estimate of drug-likeness (QED) is 0.574. The lowest BCUT2D eigenvalue weighted by molar-refractivity contribution is 0.0322. The van der Waals surface area contributed by atoms with Gasteiger partial charge >= 0.3 is 0 Å². The van der Waals surface area contributed by atoms with Crippen molar-refractivity contribution in [3.05, 3.63) is 52.7 Å². The van der Waals surface area contributed by atoms with E-state index in [0.717, 1.165) is 10.9 Å². The van der Waals surface area contributed by atoms with Gasteiger partial charge < -0.3 is 19.7 Å². The summed E-state index contributed by atoms with van der Waals surface area (Å²) >= 11 is 12.1. The van der Waals surface area contributed by atoms with Crippen LogP contribution in [0.15, 0.2) is 36.8 Å². The first-order valence-electron chi connectivity index (χ1n) is 9.07. The summed E-state index contributed by atoms with van der Waals surface area (Å²) in [5.74, 6) is -0.502. The fourth-order valence-electron chi connectivity index (χ4n) is 3.10. The lowest BCUT2D eigenvalue weighted by atomic mass is 10.0. The van der Waals surface area contributed by atoms with Crippen LogP contribution in [0.1, 0.15) is 37.2 Å². The zero-order chi connectivity index (χ0) is 21.3. The zero-order valence-corrected chi connectivity index (χ0v) is 17.8. The third-order valence-electron chi connectivity index (χ3n) is 4.99. The Balaban J connectivity index is 2.03. The van der Waals surface area contributed by atoms with Crippen molar-refractivity contribution >= 4 is 45.7 Å². The van der Waals surface area contributed by atoms with Crippen LogP contribution < -0.4 is 4.90 Å². The number of benzene rings is 1. The van der Waals surface area contributed by atoms with Crippen molar-refractivity contribution in [2.75, 3.05) is 18.1 Å². The summed E-state index contributed by atoms with van der Waals surface area (Å²) in [6, 6.07) is 7.24. The molecule has 0 aliphatic heterocycles. The second kappa shape index (κ2) is 8.28. The number of carbonyl (C=O) groups is 1. The first kappa shape index (κ1) is 21.5. The number of amides is 1. The predicted octanol–water partition coefficient (Wildman–Crippen LogP) is 3.71. The van der Waals surface area contributed by atoms with Gasteiger partial charge in [0, 0.05) is 29.3 Å². The molecule has 2 aromatic heterocycles. The molecule has 0 bridgehead atoms. The molecule has 154 valence electrons. The van der Waals surface area contributed by atoms with E-state index >= 15 is 0 Å². The van der Waals surface area contributed by atoms with Crippen molar-refractivity contribution in [1.82, 2.24) is 14.5 Å². The van der Waals surface area contributed by atoms with E-state index < -0.39 is 11.5 Å². The van der Waals surface area contributed by atoms with Crippen LogP contribution in [0.2, 0.25) is 10.3 Å². The molecular weight excluding hydrogens is 415 g/mol. The molecule has 1 aromatic carbocycles. The highest BCUT2D eigenvalue weighted by Gasteiger charge is 2.26. The lowest BCUT2D eigenvalue weighted by Crippen LogP contribution is -2.34. The van der Waals surface area contributed by atoms with Crippen LogP contribution in [0.4, 0.5) is 5.69 Å². The zero-order valence-electron chi connectivity index (χ0n) is 16.3. The highest BCUT2D eigenvalue weighted by Crippen LogP contribution is 2.31. The van der Waals surface area contributed by atoms with E-state index in [4.69, 9.17) is 23.2 Å². The Morgan fingerprint density at radius 1 is 1.24 bits per heavy atom. The van der Waals surface area contributed by atoms with Crippen molar-refractivity contribution in [3.8, 4) is 0 Å². The number of hydrogen-bond donors (Lipinski definition) is 2. The number of rotatable bonds is 6. The summed E-state index contributed by atoms with van der Waals surface area (Å²) in [7, 11) is 0. The monoisotopic (exact) mass is 436 g/mol. The van der Waals surface area contributed by atoms with Crippen molar-refractivity contribution < 1.29 is 15.0 Å². The van der Waals surface area contributed by atoms with Gasteiger partial charge in [0.2, 0.25) is 0 Å². The van der Waals surface area contributed by atoms with E-state index in [2.05, 4.69) is 9.97 Å². The van der Waals surface area contributed by atoms with E-state index in [-0.39, 0.29) is 35.1 Å². The van der Waals surface area contributed by atoms with Gasteiger partial charge in [-0.1, -0.05) is 23.2 Å². The molecule has 1 atom stereocenters. The summed E-state index contributed by atoms with van der Waals surface area (Å²) in [6.45, 7) is 5.26. The van der Waals surface area contributed by atoms with Crippen molar-refractivity contribution in [2.45, 2.75) is 32.4 Å². The Morgan fingerprint density at radius 3 is 2.48 bits per heavy atom. The number of fused-ring (bicyclic) bond motifs is 1. The van der Waals surface area contributed by atoms with Gasteiger partial charge in [-0.15, -0.1) is 0 Å². The van der Waals surface area contributed by atoms with Crippen LogP contribution >= 0.6 is 23.2 Å². The fraction of sp³-hybridized carbons (Fsp3) is 0.350. The smallest absolute Gasteiger partial charge is 0.264 e. The van der Waals surface area contributed by atoms with Gasteiger partial charge in [0.1, 0.15) is 22.2 Å². The first-order chi connectivity index (χ1) is 13.6. The third kappa shape index (κ3) is 4.23. The minimum absolute atomic E-state index is 0.0161. The van der Waals surface area contributed by atoms with Gasteiger partial charge in [0.05, 0.1) is 18.2 Å². The molecule has 1 unspecified atom stereocenters. The summed E-state index contributed by atoms with van der Waals surface area (Å²) in [5.41, 5.74) is 0.572. The Bertz CT molecular complexity index is 1030. The molecule has 0 aliphatic rings. The Morgan fingerprint density at radius 2 is 1.90 bits per heavy atom. The SMILES string of the molecule is CC(n1ccc2cc(N(CCO)C(=O)c3c(Cl)ncnc3Cl)ccc21)C(C)(C)O. The molecular formula is C20H22Cl2N4O3. The number of aliphatic hydroxyl groups is 2. The van der Waals surface area contributed by atoms with Gasteiger partial charge in [0.25, 0.3) is 5.91 Å². The molecule has 29 heavy (non-hydrogen) atoms. The van der Waals surface area contributed by atoms with E-state index in [0.29, 0.717) is 5.69 Å². The number of hydrogen-bond acceptors (Lipinski definition) is 5. The maximum absolute atomic E-state index is 13.1. The molecule has 0 radical (unpaired) electrons. The molecule has 1 amide bonds. The molecule has 0 saturated heterocycles. The molecule has 3 rings (SSSR count). The number of aliphatic hydroxyl groups excluding tert-OH is 1. The average Bonchev–Trinajstić information content (AvgIpc) is 3.07. The number of halogens is 2. The van der Waals surface area contributed by atoms with Crippen molar-refractivity contribution in [1.29, 1.82) is 0 Å². The molecule has 0 saturated carbocycles. The fourth-order valence-corrected chi connectivity index (χ4v) is 3.58. The summed E-state index contributed by atoms with van der Waals surface area (Å²) in [6.07, 6.45) is 3.07. The molecule has 3 aromatic rings. The number of nitrogens with zero attached hydrogens (tertiary/aromatic N) is 4. The highest BCUT2D eigenvalue weighted by atomic mass is 35.5. The molecule has 9 heteroatoms. The summed E-state index contributed by atoms with van der Waals surface area (Å²) in [5, 5.41) is 20.6. The van der Waals surface area contributed by atoms with Gasteiger partial charge in [-0.25, -0.2) is 9.97 Å². The topological polar surface area (TPSA) is 91.5 Å². The van der Waals surface area contributed by atoms with Crippen LogP contribution in [0.3, 0.4) is 0 Å². The van der Waals surface area contributed by atoms with Crippen LogP contribution in [0.5, 0.6) is 0 Å². The minimum Gasteiger partial charge on any atom is -0.395 e. The van der Waals surface area contributed by atoms with Crippen molar-refractivity contribution in [3.63, 3.8) is 0 Å². The maximum Gasteiger partial charge on any atom is 0.264 e. The molecule has 0 aliphatic carbocycles. The van der Waals surface area contributed by atoms with Crippen LogP contribution in [0, 0.1) is 0 Å².